The van der Waals surface area contributed by atoms with E-state index in [1.807, 2.05) is 12.1 Å². The van der Waals surface area contributed by atoms with Crippen LogP contribution in [0.4, 0.5) is 14.4 Å². The molecule has 0 unspecified atom stereocenters. The number of nitrogens with zero attached hydrogens (tertiary/aromatic N) is 1. The summed E-state index contributed by atoms with van der Waals surface area (Å²) in [4.78, 5) is 139. The Balaban J connectivity index is 1.65. The van der Waals surface area contributed by atoms with Crippen LogP contribution in [0.3, 0.4) is 0 Å². The van der Waals surface area contributed by atoms with Gasteiger partial charge in [0.1, 0.15) is 52.5 Å². The number of benzene rings is 4. The smallest absolute Gasteiger partial charge is 0.466 e. The minimum absolute atomic E-state index is 0.00670. The molecule has 22 nitrogen and oxygen atoms in total. The first kappa shape index (κ1) is 68.3. The number of fused-ring (bicyclic) bond motifs is 5. The predicted octanol–water partition coefficient (Wildman–Crippen LogP) is 9.26. The van der Waals surface area contributed by atoms with Gasteiger partial charge in [-0.15, -0.1) is 0 Å². The molecular formula is C63H79ClN6O16. The molecule has 1 aliphatic rings. The van der Waals surface area contributed by atoms with Gasteiger partial charge in [-0.05, 0) is 173 Å². The quantitative estimate of drug-likeness (QED) is 0.0253. The fraction of sp³-hybridized carbons (Fsp3) is 0.460. The second-order valence-corrected chi connectivity index (χ2v) is 24.0. The van der Waals surface area contributed by atoms with Crippen LogP contribution < -0.4 is 36.1 Å². The highest BCUT2D eigenvalue weighted by atomic mass is 35.5. The Morgan fingerprint density at radius 1 is 0.686 bits per heavy atom. The van der Waals surface area contributed by atoms with Crippen molar-refractivity contribution in [1.82, 2.24) is 31.5 Å². The maximum absolute atomic E-state index is 15.3. The fourth-order valence-electron chi connectivity index (χ4n) is 8.77. The lowest BCUT2D eigenvalue weighted by molar-refractivity contribution is -0.144. The number of ketones is 1. The van der Waals surface area contributed by atoms with Crippen LogP contribution in [0.1, 0.15) is 143 Å². The number of likely N-dealkylation sites (N-methyl/N-ethyl adjacent to an activating group) is 1. The third kappa shape index (κ3) is 21.2. The number of ether oxygens (including phenoxy) is 6. The topological polar surface area (TPSA) is 289 Å². The maximum Gasteiger partial charge on any atom is 0.514 e. The van der Waals surface area contributed by atoms with E-state index in [4.69, 9.17) is 40.0 Å². The molecule has 5 rings (SSSR count). The molecule has 86 heavy (non-hydrogen) atoms. The second-order valence-electron chi connectivity index (χ2n) is 23.6. The normalized spacial score (nSPS) is 16.0. The van der Waals surface area contributed by atoms with Crippen molar-refractivity contribution >= 4 is 71.3 Å². The largest absolute Gasteiger partial charge is 0.514 e. The highest BCUT2D eigenvalue weighted by Gasteiger charge is 2.37. The highest BCUT2D eigenvalue weighted by molar-refractivity contribution is 6.30. The fourth-order valence-corrected chi connectivity index (χ4v) is 8.89. The van der Waals surface area contributed by atoms with Crippen LogP contribution in [0.2, 0.25) is 5.02 Å². The molecule has 0 saturated carbocycles. The van der Waals surface area contributed by atoms with Crippen molar-refractivity contribution < 1.29 is 76.4 Å². The zero-order valence-electron chi connectivity index (χ0n) is 51.0. The van der Waals surface area contributed by atoms with Gasteiger partial charge >= 0.3 is 24.4 Å². The van der Waals surface area contributed by atoms with E-state index < -0.39 is 107 Å². The number of halogens is 1. The third-order valence-electron chi connectivity index (χ3n) is 12.9. The first-order valence-corrected chi connectivity index (χ1v) is 28.7. The van der Waals surface area contributed by atoms with E-state index in [1.54, 1.807) is 106 Å². The van der Waals surface area contributed by atoms with E-state index in [2.05, 4.69) is 26.6 Å². The Kier molecular flexibility index (Phi) is 23.8. The van der Waals surface area contributed by atoms with Gasteiger partial charge in [0.05, 0.1) is 19.1 Å². The van der Waals surface area contributed by atoms with Crippen LogP contribution in [-0.2, 0) is 54.1 Å². The van der Waals surface area contributed by atoms with E-state index in [0.717, 1.165) is 16.0 Å². The molecule has 0 radical (unpaired) electrons. The molecule has 1 heterocycles. The Labute approximate surface area is 506 Å². The Morgan fingerprint density at radius 3 is 1.81 bits per heavy atom. The van der Waals surface area contributed by atoms with Gasteiger partial charge in [0, 0.05) is 48.1 Å². The van der Waals surface area contributed by atoms with Gasteiger partial charge in [0.2, 0.25) is 23.6 Å². The summed E-state index contributed by atoms with van der Waals surface area (Å²) < 4.78 is 33.1. The summed E-state index contributed by atoms with van der Waals surface area (Å²) in [6.45, 7) is 19.5. The lowest BCUT2D eigenvalue weighted by Crippen LogP contribution is -2.56. The first-order chi connectivity index (χ1) is 40.2. The van der Waals surface area contributed by atoms with Gasteiger partial charge in [0.15, 0.2) is 5.78 Å². The zero-order chi connectivity index (χ0) is 63.8. The van der Waals surface area contributed by atoms with E-state index in [-0.39, 0.29) is 79.0 Å². The molecule has 5 N–H and O–H groups in total. The van der Waals surface area contributed by atoms with Crippen LogP contribution >= 0.6 is 11.6 Å². The van der Waals surface area contributed by atoms with Gasteiger partial charge in [-0.25, -0.2) is 14.4 Å². The average molecular weight is 1210 g/mol. The number of carbonyl (C=O) groups excluding carboxylic acids is 10. The summed E-state index contributed by atoms with van der Waals surface area (Å²) in [7, 11) is 1.32. The second kappa shape index (κ2) is 30.0. The minimum Gasteiger partial charge on any atom is -0.466 e. The highest BCUT2D eigenvalue weighted by Crippen LogP contribution is 2.41. The van der Waals surface area contributed by atoms with Crippen LogP contribution in [0.25, 0.3) is 22.3 Å². The number of carbonyl (C=O) groups is 10. The molecule has 4 bridgehead atoms. The maximum atomic E-state index is 15.3. The molecular weight excluding hydrogens is 1130 g/mol. The molecule has 0 aromatic heterocycles. The molecule has 23 heteroatoms. The molecule has 0 saturated heterocycles. The van der Waals surface area contributed by atoms with Gasteiger partial charge in [0.25, 0.3) is 5.91 Å². The predicted molar refractivity (Wildman–Crippen MR) is 319 cm³/mol. The van der Waals surface area contributed by atoms with Gasteiger partial charge in [-0.2, -0.15) is 0 Å². The summed E-state index contributed by atoms with van der Waals surface area (Å²) >= 11 is 6.12. The zero-order valence-corrected chi connectivity index (χ0v) is 51.7. The number of hydrogen-bond acceptors (Lipinski definition) is 16. The molecule has 0 aliphatic carbocycles. The van der Waals surface area contributed by atoms with Crippen molar-refractivity contribution in [2.45, 2.75) is 169 Å². The Hall–Kier alpha value is -8.53. The lowest BCUT2D eigenvalue weighted by Gasteiger charge is -2.33. The summed E-state index contributed by atoms with van der Waals surface area (Å²) in [5, 5.41) is 14.1. The molecule has 464 valence electrons. The Bertz CT molecular complexity index is 3130. The number of esters is 1. The van der Waals surface area contributed by atoms with E-state index in [9.17, 15) is 38.4 Å². The summed E-state index contributed by atoms with van der Waals surface area (Å²) in [6, 6.07) is 15.3. The van der Waals surface area contributed by atoms with Crippen molar-refractivity contribution in [2.24, 2.45) is 0 Å². The van der Waals surface area contributed by atoms with Gasteiger partial charge < -0.3 is 59.9 Å². The van der Waals surface area contributed by atoms with E-state index in [0.29, 0.717) is 17.0 Å². The van der Waals surface area contributed by atoms with Crippen molar-refractivity contribution in [1.29, 1.82) is 0 Å². The lowest BCUT2D eigenvalue weighted by atomic mass is 9.93. The SMILES string of the molecule is CCOC(=O)CCC(=O)[C@H](C)NC(=O)[C@@H]1Cc2ccc(OC(=O)OC(C)(C)C)c(c2)-c2cc(ccc2OC(=O)OC(C)(C)C)[C@H](N(C)C(=O)[C@H](CCCCNC(=O)OC(C)(C)C)NC(=O)c2ccc(-c3ccc(Cl)cc3)cc2)C(=O)N[C@@H](C)C(=O)N1. The van der Waals surface area contributed by atoms with Crippen molar-refractivity contribution in [3.05, 3.63) is 107 Å². The summed E-state index contributed by atoms with van der Waals surface area (Å²) in [5.41, 5.74) is -0.608. The average Bonchev–Trinajstić information content (AvgIpc) is 2.45. The Morgan fingerprint density at radius 2 is 1.24 bits per heavy atom. The number of nitrogens with one attached hydrogen (secondary N) is 5. The monoisotopic (exact) mass is 1210 g/mol. The molecule has 4 aromatic rings. The number of rotatable bonds is 19. The number of amides is 6. The number of hydrogen-bond donors (Lipinski definition) is 5. The number of unbranched alkanes of at least 4 members (excludes halogenated alkanes) is 1. The molecule has 1 aliphatic heterocycles. The minimum atomic E-state index is -1.67. The van der Waals surface area contributed by atoms with Crippen LogP contribution in [0.5, 0.6) is 11.5 Å². The van der Waals surface area contributed by atoms with Crippen LogP contribution in [0, 0.1) is 0 Å². The molecule has 5 atom stereocenters. The molecule has 0 spiro atoms. The molecule has 0 fully saturated rings. The van der Waals surface area contributed by atoms with E-state index >= 15 is 9.59 Å². The van der Waals surface area contributed by atoms with Crippen molar-refractivity contribution in [3.63, 3.8) is 0 Å². The van der Waals surface area contributed by atoms with Crippen LogP contribution in [0.15, 0.2) is 84.9 Å². The molecule has 4 aromatic carbocycles. The van der Waals surface area contributed by atoms with Gasteiger partial charge in [-0.3, -0.25) is 33.6 Å². The third-order valence-corrected chi connectivity index (χ3v) is 13.1. The standard InChI is InChI=1S/C63H79ClN6O16/c1-14-81-51(72)31-28-48(71)36(2)66-55(75)47-34-38-18-29-49(82-59(79)85-62(7,8)9)44(33-38)45-35-42(25-30-50(45)83-60(80)86-63(10,11)12)52(56(76)67-37(3)53(73)69-47)70(13)57(77)46(17-15-16-32-65-58(78)84-61(4,5)6)68-54(74)41-21-19-39(20-22-41)40-23-26-43(64)27-24-40/h18-27,29-30,33,35-37,46-47,52H,14-17,28,31-32,34H2,1-13H3,(H,65,78)(H,66,75)(H,67,76)(H,68,74)(H,69,73)/t36-,37-,46-,47-,52-/m0/s1. The summed E-state index contributed by atoms with van der Waals surface area (Å²) in [6.07, 6.45) is -3.12. The summed E-state index contributed by atoms with van der Waals surface area (Å²) in [5.74, 6) is -5.50. The molecule has 6 amide bonds. The van der Waals surface area contributed by atoms with Crippen molar-refractivity contribution in [3.8, 4) is 33.8 Å². The number of Topliss-reactive ketones (excluding diaryl/α,β-unsaturated/α-hetero) is 1. The van der Waals surface area contributed by atoms with Crippen LogP contribution in [-0.4, -0.2) is 126 Å². The number of alkyl carbamates (subject to hydrolysis) is 1. The van der Waals surface area contributed by atoms with Crippen molar-refractivity contribution in [2.75, 3.05) is 20.2 Å². The van der Waals surface area contributed by atoms with Gasteiger partial charge in [-0.1, -0.05) is 48.0 Å². The van der Waals surface area contributed by atoms with E-state index in [1.165, 1.54) is 57.3 Å². The first-order valence-electron chi connectivity index (χ1n) is 28.3.